The van der Waals surface area contributed by atoms with Gasteiger partial charge >= 0.3 is 11.9 Å². The molecular weight excluding hydrogens is 528 g/mol. The second-order valence-electron chi connectivity index (χ2n) is 11.5. The number of carboxylic acid groups (broad SMARTS) is 2. The first-order valence-corrected chi connectivity index (χ1v) is 14.4. The lowest BCUT2D eigenvalue weighted by Crippen LogP contribution is -2.46. The van der Waals surface area contributed by atoms with E-state index in [9.17, 15) is 19.2 Å². The average Bonchev–Trinajstić information content (AvgIpc) is 3.43. The van der Waals surface area contributed by atoms with Crippen LogP contribution in [0.1, 0.15) is 73.9 Å². The third kappa shape index (κ3) is 8.39. The highest BCUT2D eigenvalue weighted by molar-refractivity contribution is 5.98. The van der Waals surface area contributed by atoms with Crippen molar-refractivity contribution in [3.8, 4) is 11.3 Å². The molecule has 2 aromatic rings. The quantitative estimate of drug-likeness (QED) is 0.349. The van der Waals surface area contributed by atoms with Crippen molar-refractivity contribution >= 4 is 23.8 Å². The van der Waals surface area contributed by atoms with E-state index in [4.69, 9.17) is 14.6 Å². The predicted octanol–water partition coefficient (Wildman–Crippen LogP) is 3.57. The Kier molecular flexibility index (Phi) is 10.1. The normalized spacial score (nSPS) is 17.6. The van der Waals surface area contributed by atoms with Gasteiger partial charge in [0.2, 0.25) is 11.7 Å². The second-order valence-corrected chi connectivity index (χ2v) is 11.5. The Hall–Kier alpha value is -3.73. The zero-order valence-electron chi connectivity index (χ0n) is 23.6. The fourth-order valence-electron chi connectivity index (χ4n) is 6.07. The van der Waals surface area contributed by atoms with Crippen LogP contribution in [0.3, 0.4) is 0 Å². The van der Waals surface area contributed by atoms with Gasteiger partial charge in [0.15, 0.2) is 0 Å². The molecule has 2 amide bonds. The molecule has 11 heteroatoms. The van der Waals surface area contributed by atoms with Gasteiger partial charge in [0.05, 0.1) is 17.5 Å². The Balaban J connectivity index is 1.29. The number of pyridine rings is 1. The molecule has 0 unspecified atom stereocenters. The molecule has 3 heterocycles. The number of furan rings is 1. The number of aliphatic carboxylic acids is 2. The van der Waals surface area contributed by atoms with Crippen molar-refractivity contribution in [2.45, 2.75) is 70.8 Å². The zero-order chi connectivity index (χ0) is 29.4. The topological polar surface area (TPSA) is 153 Å². The van der Waals surface area contributed by atoms with E-state index in [1.54, 1.807) is 12.3 Å². The number of carbonyl (C=O) groups excluding carboxylic acids is 2. The summed E-state index contributed by atoms with van der Waals surface area (Å²) in [6.45, 7) is 3.16. The van der Waals surface area contributed by atoms with Crippen LogP contribution in [0.4, 0.5) is 0 Å². The largest absolute Gasteiger partial charge is 0.480 e. The molecule has 0 aromatic carbocycles. The highest BCUT2D eigenvalue weighted by Gasteiger charge is 2.37. The molecule has 1 aliphatic heterocycles. The van der Waals surface area contributed by atoms with E-state index in [1.807, 2.05) is 19.1 Å². The van der Waals surface area contributed by atoms with E-state index in [0.29, 0.717) is 11.3 Å². The monoisotopic (exact) mass is 568 g/mol. The summed E-state index contributed by atoms with van der Waals surface area (Å²) < 4.78 is 5.52. The van der Waals surface area contributed by atoms with E-state index >= 15 is 0 Å². The maximum Gasteiger partial charge on any atom is 0.323 e. The molecule has 0 radical (unpaired) electrons. The molecule has 3 N–H and O–H groups in total. The van der Waals surface area contributed by atoms with Crippen LogP contribution in [0.15, 0.2) is 35.1 Å². The molecule has 2 aliphatic rings. The van der Waals surface area contributed by atoms with E-state index in [2.05, 4.69) is 15.2 Å². The Morgan fingerprint density at radius 2 is 1.73 bits per heavy atom. The van der Waals surface area contributed by atoms with Crippen molar-refractivity contribution in [1.82, 2.24) is 20.1 Å². The zero-order valence-corrected chi connectivity index (χ0v) is 23.6. The number of hydrogen-bond acceptors (Lipinski definition) is 7. The van der Waals surface area contributed by atoms with Gasteiger partial charge in [-0.3, -0.25) is 24.2 Å². The number of aryl methyl sites for hydroxylation is 1. The molecule has 0 atom stereocenters. The van der Waals surface area contributed by atoms with Gasteiger partial charge in [0, 0.05) is 31.7 Å². The first kappa shape index (κ1) is 30.2. The third-order valence-electron chi connectivity index (χ3n) is 8.39. The summed E-state index contributed by atoms with van der Waals surface area (Å²) in [6.07, 6.45) is 10.7. The average molecular weight is 569 g/mol. The lowest BCUT2D eigenvalue weighted by atomic mass is 9.69. The highest BCUT2D eigenvalue weighted by Crippen LogP contribution is 2.43. The van der Waals surface area contributed by atoms with Crippen LogP contribution in [0, 0.1) is 12.3 Å². The maximum atomic E-state index is 13.0. The van der Waals surface area contributed by atoms with Crippen LogP contribution in [0.5, 0.6) is 0 Å². The number of aromatic nitrogens is 1. The third-order valence-corrected chi connectivity index (χ3v) is 8.39. The van der Waals surface area contributed by atoms with Crippen molar-refractivity contribution < 1.29 is 33.8 Å². The Labute approximate surface area is 239 Å². The number of carbonyl (C=O) groups is 4. The Morgan fingerprint density at radius 1 is 1.05 bits per heavy atom. The van der Waals surface area contributed by atoms with Crippen LogP contribution in [-0.4, -0.2) is 87.5 Å². The molecule has 1 saturated carbocycles. The number of rotatable bonds is 12. The van der Waals surface area contributed by atoms with Gasteiger partial charge in [0.1, 0.15) is 13.1 Å². The molecule has 222 valence electrons. The summed E-state index contributed by atoms with van der Waals surface area (Å²) >= 11 is 0. The molecule has 0 bridgehead atoms. The fraction of sp³-hybridized carbons (Fsp3) is 0.567. The smallest absolute Gasteiger partial charge is 0.323 e. The van der Waals surface area contributed by atoms with Gasteiger partial charge in [-0.2, -0.15) is 0 Å². The SMILES string of the molecule is Cc1ccc(-c2ccoc2C(=O)NC2CCN(CCC3(CC(=O)N(CC(=O)O)CC(=O)O)CCCCC3)CC2)nc1. The summed E-state index contributed by atoms with van der Waals surface area (Å²) in [5.41, 5.74) is 2.13. The van der Waals surface area contributed by atoms with Gasteiger partial charge in [-0.25, -0.2) is 0 Å². The van der Waals surface area contributed by atoms with E-state index in [-0.39, 0.29) is 29.5 Å². The summed E-state index contributed by atoms with van der Waals surface area (Å²) in [5, 5.41) is 21.4. The number of nitrogens with zero attached hydrogens (tertiary/aromatic N) is 3. The first-order chi connectivity index (χ1) is 19.6. The minimum absolute atomic E-state index is 0.0218. The molecule has 4 rings (SSSR count). The predicted molar refractivity (Wildman–Crippen MR) is 150 cm³/mol. The van der Waals surface area contributed by atoms with Crippen LogP contribution in [0.25, 0.3) is 11.3 Å². The van der Waals surface area contributed by atoms with Gasteiger partial charge in [-0.05, 0) is 68.7 Å². The van der Waals surface area contributed by atoms with Gasteiger partial charge in [-0.15, -0.1) is 0 Å². The Morgan fingerprint density at radius 3 is 2.34 bits per heavy atom. The maximum absolute atomic E-state index is 13.0. The van der Waals surface area contributed by atoms with Crippen molar-refractivity contribution in [3.63, 3.8) is 0 Å². The molecule has 2 aromatic heterocycles. The van der Waals surface area contributed by atoms with E-state index in [1.165, 1.54) is 6.26 Å². The molecular formula is C30H40N4O7. The number of amides is 2. The van der Waals surface area contributed by atoms with Crippen molar-refractivity contribution in [3.05, 3.63) is 42.0 Å². The molecule has 1 saturated heterocycles. The molecule has 2 fully saturated rings. The minimum Gasteiger partial charge on any atom is -0.480 e. The minimum atomic E-state index is -1.22. The lowest BCUT2D eigenvalue weighted by Gasteiger charge is -2.40. The molecule has 41 heavy (non-hydrogen) atoms. The fourth-order valence-corrected chi connectivity index (χ4v) is 6.07. The van der Waals surface area contributed by atoms with Crippen LogP contribution in [-0.2, 0) is 14.4 Å². The molecule has 11 nitrogen and oxygen atoms in total. The summed E-state index contributed by atoms with van der Waals surface area (Å²) in [7, 11) is 0. The number of nitrogens with one attached hydrogen (secondary N) is 1. The van der Waals surface area contributed by atoms with Crippen molar-refractivity contribution in [2.75, 3.05) is 32.7 Å². The number of likely N-dealkylation sites (tertiary alicyclic amines) is 1. The second kappa shape index (κ2) is 13.8. The summed E-state index contributed by atoms with van der Waals surface area (Å²) in [6, 6.07) is 5.59. The van der Waals surface area contributed by atoms with Gasteiger partial charge < -0.3 is 29.7 Å². The first-order valence-electron chi connectivity index (χ1n) is 14.4. The summed E-state index contributed by atoms with van der Waals surface area (Å²) in [5.74, 6) is -2.84. The van der Waals surface area contributed by atoms with E-state index in [0.717, 1.165) is 81.5 Å². The van der Waals surface area contributed by atoms with Crippen LogP contribution in [0.2, 0.25) is 0 Å². The van der Waals surface area contributed by atoms with Crippen LogP contribution >= 0.6 is 0 Å². The Bertz CT molecular complexity index is 1200. The highest BCUT2D eigenvalue weighted by atomic mass is 16.4. The number of hydrogen-bond donors (Lipinski definition) is 3. The lowest BCUT2D eigenvalue weighted by molar-refractivity contribution is -0.150. The molecule has 1 aliphatic carbocycles. The number of carboxylic acids is 2. The van der Waals surface area contributed by atoms with Gasteiger partial charge in [-0.1, -0.05) is 25.3 Å². The number of piperidine rings is 1. The standard InChI is InChI=1S/C30H40N4O7/c1-21-5-6-24(31-18-21)23-9-16-41-28(23)29(40)32-22-7-13-33(14-8-22)15-12-30(10-3-2-4-11-30)17-25(35)34(19-26(36)37)20-27(38)39/h5-6,9,16,18,22H,2-4,7-8,10-15,17,19-20H2,1H3,(H,32,40)(H,36,37)(H,38,39). The van der Waals surface area contributed by atoms with Gasteiger partial charge in [0.25, 0.3) is 5.91 Å². The van der Waals surface area contributed by atoms with Crippen molar-refractivity contribution in [1.29, 1.82) is 0 Å². The summed E-state index contributed by atoms with van der Waals surface area (Å²) in [4.78, 5) is 56.2. The van der Waals surface area contributed by atoms with Crippen LogP contribution < -0.4 is 5.32 Å². The molecule has 0 spiro atoms. The van der Waals surface area contributed by atoms with E-state index < -0.39 is 30.9 Å². The van der Waals surface area contributed by atoms with Crippen molar-refractivity contribution in [2.24, 2.45) is 5.41 Å².